The molecule has 3 heterocycles. The van der Waals surface area contributed by atoms with Gasteiger partial charge in [0, 0.05) is 41.7 Å². The molecule has 3 aromatic heterocycles. The summed E-state index contributed by atoms with van der Waals surface area (Å²) in [6.45, 7) is 4.28. The van der Waals surface area contributed by atoms with Gasteiger partial charge in [-0.05, 0) is 79.6 Å². The van der Waals surface area contributed by atoms with Crippen molar-refractivity contribution >= 4 is 75.3 Å². The van der Waals surface area contributed by atoms with Crippen LogP contribution < -0.4 is 0 Å². The standard InChI is InChI=1S/C39H24N2OS/c1-22-13-15-32-29(17-22)30-18-23(2)14-16-33(30)41(32)34-10-5-9-27-31-20-24(19-25(21-40)38(31)42-39(27)34)26-8-6-12-36-37(26)28-7-3-4-11-35(28)43-36/h3-20H,1-2H3. The molecule has 9 rings (SSSR count). The largest absolute Gasteiger partial charge is 0.452 e. The van der Waals surface area contributed by atoms with Gasteiger partial charge in [0.25, 0.3) is 0 Å². The Morgan fingerprint density at radius 1 is 0.628 bits per heavy atom. The molecule has 0 aliphatic heterocycles. The van der Waals surface area contributed by atoms with E-state index in [9.17, 15) is 5.26 Å². The second-order valence-electron chi connectivity index (χ2n) is 11.4. The van der Waals surface area contributed by atoms with E-state index in [4.69, 9.17) is 4.42 Å². The molecule has 43 heavy (non-hydrogen) atoms. The molecule has 6 aromatic carbocycles. The van der Waals surface area contributed by atoms with Crippen LogP contribution in [0.15, 0.2) is 114 Å². The Bertz CT molecular complexity index is 2600. The molecule has 0 unspecified atom stereocenters. The summed E-state index contributed by atoms with van der Waals surface area (Å²) < 4.78 is 11.5. The van der Waals surface area contributed by atoms with Gasteiger partial charge in [-0.2, -0.15) is 5.26 Å². The molecule has 0 aliphatic carbocycles. The Morgan fingerprint density at radius 3 is 2.09 bits per heavy atom. The minimum absolute atomic E-state index is 0.541. The third kappa shape index (κ3) is 3.40. The van der Waals surface area contributed by atoms with Crippen LogP contribution in [0.3, 0.4) is 0 Å². The lowest BCUT2D eigenvalue weighted by molar-refractivity contribution is 0.665. The second-order valence-corrected chi connectivity index (χ2v) is 12.5. The van der Waals surface area contributed by atoms with E-state index in [-0.39, 0.29) is 0 Å². The molecule has 0 spiro atoms. The molecule has 202 valence electrons. The van der Waals surface area contributed by atoms with Crippen molar-refractivity contribution in [2.75, 3.05) is 0 Å². The first-order chi connectivity index (χ1) is 21.1. The lowest BCUT2D eigenvalue weighted by Crippen LogP contribution is -1.94. The maximum Gasteiger partial charge on any atom is 0.159 e. The van der Waals surface area contributed by atoms with Gasteiger partial charge in [-0.15, -0.1) is 11.3 Å². The Labute approximate surface area is 251 Å². The summed E-state index contributed by atoms with van der Waals surface area (Å²) in [7, 11) is 0. The highest BCUT2D eigenvalue weighted by Crippen LogP contribution is 2.44. The summed E-state index contributed by atoms with van der Waals surface area (Å²) in [6.07, 6.45) is 0. The third-order valence-electron chi connectivity index (χ3n) is 8.73. The van der Waals surface area contributed by atoms with Gasteiger partial charge in [0.2, 0.25) is 0 Å². The van der Waals surface area contributed by atoms with Crippen molar-refractivity contribution in [3.63, 3.8) is 0 Å². The summed E-state index contributed by atoms with van der Waals surface area (Å²) in [5, 5.41) is 17.2. The van der Waals surface area contributed by atoms with E-state index in [2.05, 4.69) is 128 Å². The number of thiophene rings is 1. The number of para-hydroxylation sites is 1. The molecule has 4 heteroatoms. The normalized spacial score (nSPS) is 11.9. The number of nitriles is 1. The van der Waals surface area contributed by atoms with E-state index in [0.29, 0.717) is 11.1 Å². The minimum Gasteiger partial charge on any atom is -0.452 e. The second kappa shape index (κ2) is 8.82. The molecule has 0 amide bonds. The van der Waals surface area contributed by atoms with Crippen LogP contribution in [0.25, 0.3) is 80.7 Å². The van der Waals surface area contributed by atoms with Gasteiger partial charge in [-0.3, -0.25) is 0 Å². The highest BCUT2D eigenvalue weighted by molar-refractivity contribution is 7.25. The van der Waals surface area contributed by atoms with Crippen molar-refractivity contribution in [3.8, 4) is 22.9 Å². The fourth-order valence-electron chi connectivity index (χ4n) is 6.83. The number of benzene rings is 6. The van der Waals surface area contributed by atoms with Crippen molar-refractivity contribution in [3.05, 3.63) is 126 Å². The van der Waals surface area contributed by atoms with Gasteiger partial charge < -0.3 is 8.98 Å². The van der Waals surface area contributed by atoms with E-state index in [1.807, 2.05) is 6.07 Å². The minimum atomic E-state index is 0.541. The Balaban J connectivity index is 1.36. The molecule has 0 aliphatic rings. The number of hydrogen-bond donors (Lipinski definition) is 0. The maximum absolute atomic E-state index is 10.4. The predicted octanol–water partition coefficient (Wildman–Crippen LogP) is 11.2. The van der Waals surface area contributed by atoms with Gasteiger partial charge in [-0.1, -0.05) is 65.7 Å². The smallest absolute Gasteiger partial charge is 0.159 e. The molecule has 3 nitrogen and oxygen atoms in total. The monoisotopic (exact) mass is 568 g/mol. The fraction of sp³-hybridized carbons (Fsp3) is 0.0513. The zero-order valence-electron chi connectivity index (χ0n) is 23.6. The number of rotatable bonds is 2. The lowest BCUT2D eigenvalue weighted by atomic mass is 9.96. The first-order valence-corrected chi connectivity index (χ1v) is 15.2. The van der Waals surface area contributed by atoms with Crippen LogP contribution in [-0.4, -0.2) is 4.57 Å². The average Bonchev–Trinajstić information content (AvgIpc) is 3.70. The molecule has 0 atom stereocenters. The fourth-order valence-corrected chi connectivity index (χ4v) is 7.96. The molecule has 9 aromatic rings. The zero-order valence-corrected chi connectivity index (χ0v) is 24.4. The predicted molar refractivity (Wildman–Crippen MR) is 181 cm³/mol. The Morgan fingerprint density at radius 2 is 1.33 bits per heavy atom. The number of aryl methyl sites for hydroxylation is 2. The van der Waals surface area contributed by atoms with Crippen LogP contribution in [0.4, 0.5) is 0 Å². The van der Waals surface area contributed by atoms with Crippen LogP contribution in [0.2, 0.25) is 0 Å². The van der Waals surface area contributed by atoms with Crippen molar-refractivity contribution < 1.29 is 4.42 Å². The van der Waals surface area contributed by atoms with E-state index in [1.165, 1.54) is 42.1 Å². The van der Waals surface area contributed by atoms with Crippen LogP contribution in [0.1, 0.15) is 16.7 Å². The van der Waals surface area contributed by atoms with Crippen LogP contribution in [0.5, 0.6) is 0 Å². The number of furan rings is 1. The summed E-state index contributed by atoms with van der Waals surface area (Å²) in [5.41, 5.74) is 9.81. The van der Waals surface area contributed by atoms with Gasteiger partial charge in [0.05, 0.1) is 22.3 Å². The van der Waals surface area contributed by atoms with Crippen LogP contribution in [0, 0.1) is 25.2 Å². The Kier molecular flexibility index (Phi) is 4.97. The number of fused-ring (bicyclic) bond motifs is 9. The van der Waals surface area contributed by atoms with E-state index in [0.717, 1.165) is 44.2 Å². The number of hydrogen-bond acceptors (Lipinski definition) is 3. The van der Waals surface area contributed by atoms with E-state index < -0.39 is 0 Å². The summed E-state index contributed by atoms with van der Waals surface area (Å²) in [5.74, 6) is 0. The first kappa shape index (κ1) is 24.2. The molecular formula is C39H24N2OS. The average molecular weight is 569 g/mol. The van der Waals surface area contributed by atoms with Gasteiger partial charge >= 0.3 is 0 Å². The van der Waals surface area contributed by atoms with Gasteiger partial charge in [0.15, 0.2) is 11.2 Å². The van der Waals surface area contributed by atoms with Crippen molar-refractivity contribution in [1.82, 2.24) is 4.57 Å². The summed E-state index contributed by atoms with van der Waals surface area (Å²) >= 11 is 1.81. The molecular weight excluding hydrogens is 545 g/mol. The topological polar surface area (TPSA) is 41.9 Å². The van der Waals surface area contributed by atoms with Crippen LogP contribution >= 0.6 is 11.3 Å². The van der Waals surface area contributed by atoms with E-state index >= 15 is 0 Å². The molecule has 0 radical (unpaired) electrons. The summed E-state index contributed by atoms with van der Waals surface area (Å²) in [6, 6.07) is 41.2. The number of nitrogens with zero attached hydrogens (tertiary/aromatic N) is 2. The highest BCUT2D eigenvalue weighted by Gasteiger charge is 2.21. The van der Waals surface area contributed by atoms with Gasteiger partial charge in [-0.25, -0.2) is 0 Å². The molecule has 0 saturated carbocycles. The van der Waals surface area contributed by atoms with Crippen molar-refractivity contribution in [2.24, 2.45) is 0 Å². The van der Waals surface area contributed by atoms with Crippen molar-refractivity contribution in [2.45, 2.75) is 13.8 Å². The lowest BCUT2D eigenvalue weighted by Gasteiger charge is -2.09. The summed E-state index contributed by atoms with van der Waals surface area (Å²) in [4.78, 5) is 0. The quantitative estimate of drug-likeness (QED) is 0.208. The molecule has 0 saturated heterocycles. The first-order valence-electron chi connectivity index (χ1n) is 14.4. The molecule has 0 bridgehead atoms. The Hall–Kier alpha value is -5.37. The zero-order chi connectivity index (χ0) is 28.8. The SMILES string of the molecule is Cc1ccc2c(c1)c1cc(C)ccc1n2-c1cccc2c1oc1c(C#N)cc(-c3cccc4sc5ccccc5c34)cc12. The van der Waals surface area contributed by atoms with E-state index in [1.54, 1.807) is 11.3 Å². The third-order valence-corrected chi connectivity index (χ3v) is 9.86. The van der Waals surface area contributed by atoms with Crippen LogP contribution in [-0.2, 0) is 0 Å². The molecule has 0 fully saturated rings. The van der Waals surface area contributed by atoms with Crippen molar-refractivity contribution in [1.29, 1.82) is 5.26 Å². The van der Waals surface area contributed by atoms with Gasteiger partial charge in [0.1, 0.15) is 6.07 Å². The number of aromatic nitrogens is 1. The molecule has 0 N–H and O–H groups in total. The highest BCUT2D eigenvalue weighted by atomic mass is 32.1. The maximum atomic E-state index is 10.4.